The van der Waals surface area contributed by atoms with Crippen molar-refractivity contribution in [1.82, 2.24) is 5.32 Å². The predicted octanol–water partition coefficient (Wildman–Crippen LogP) is 5.26. The monoisotopic (exact) mass is 612 g/mol. The Balaban J connectivity index is 1.66. The van der Waals surface area contributed by atoms with Crippen LogP contribution < -0.4 is 19.7 Å². The van der Waals surface area contributed by atoms with Crippen LogP contribution in [0.1, 0.15) is 29.2 Å². The maximum absolute atomic E-state index is 13.2. The molecule has 9 heteroatoms. The van der Waals surface area contributed by atoms with E-state index in [0.717, 1.165) is 25.2 Å². The van der Waals surface area contributed by atoms with Crippen LogP contribution in [-0.4, -0.2) is 29.6 Å². The highest BCUT2D eigenvalue weighted by atomic mass is 127. The second kappa shape index (κ2) is 11.0. The number of urea groups is 1. The Morgan fingerprint density at radius 2 is 1.65 bits per heavy atom. The molecular formula is C28H25IN2O6. The maximum Gasteiger partial charge on any atom is 0.335 e. The second-order valence-electron chi connectivity index (χ2n) is 8.52. The molecule has 1 saturated heterocycles. The third kappa shape index (κ3) is 5.93. The van der Waals surface area contributed by atoms with Gasteiger partial charge in [0.1, 0.15) is 17.9 Å². The Morgan fingerprint density at radius 3 is 2.30 bits per heavy atom. The molecule has 3 aromatic carbocycles. The molecule has 0 radical (unpaired) electrons. The number of rotatable bonds is 7. The largest absolute Gasteiger partial charge is 0.508 e. The van der Waals surface area contributed by atoms with Gasteiger partial charge in [0.2, 0.25) is 0 Å². The van der Waals surface area contributed by atoms with Gasteiger partial charge in [0.25, 0.3) is 11.8 Å². The van der Waals surface area contributed by atoms with Crippen LogP contribution in [0.25, 0.3) is 6.08 Å². The van der Waals surface area contributed by atoms with Gasteiger partial charge in [-0.05, 0) is 97.0 Å². The minimum Gasteiger partial charge on any atom is -0.508 e. The number of nitrogens with one attached hydrogen (secondary N) is 1. The number of carbonyl (C=O) groups excluding carboxylic acids is 3. The highest BCUT2D eigenvalue weighted by Crippen LogP contribution is 2.36. The van der Waals surface area contributed by atoms with Crippen molar-refractivity contribution < 1.29 is 29.0 Å². The average Bonchev–Trinajstić information content (AvgIpc) is 2.82. The standard InChI is InChI=1S/C28H25IN2O6/c1-4-36-24-14-18(13-23(29)25(24)37-15-19-10-16(2)9-17(3)11-19)12-22-26(33)30-28(35)31(27(22)34)20-5-7-21(32)8-6-20/h5-14,32H,4,15H2,1-3H3,(H,30,33,35)/b22-12+. The Kier molecular flexibility index (Phi) is 7.82. The molecule has 0 aliphatic carbocycles. The number of amides is 4. The van der Waals surface area contributed by atoms with Crippen LogP contribution in [0.2, 0.25) is 0 Å². The van der Waals surface area contributed by atoms with Gasteiger partial charge in [0, 0.05) is 0 Å². The SMILES string of the molecule is CCOc1cc(/C=C2\C(=O)NC(=O)N(c3ccc(O)cc3)C2=O)cc(I)c1OCc1cc(C)cc(C)c1. The summed E-state index contributed by atoms with van der Waals surface area (Å²) >= 11 is 2.12. The van der Waals surface area contributed by atoms with Crippen molar-refractivity contribution in [2.24, 2.45) is 0 Å². The van der Waals surface area contributed by atoms with Crippen LogP contribution in [0.15, 0.2) is 60.2 Å². The first-order chi connectivity index (χ1) is 17.7. The van der Waals surface area contributed by atoms with E-state index in [0.29, 0.717) is 30.3 Å². The number of benzene rings is 3. The Morgan fingerprint density at radius 1 is 0.973 bits per heavy atom. The molecule has 8 nitrogen and oxygen atoms in total. The molecule has 37 heavy (non-hydrogen) atoms. The summed E-state index contributed by atoms with van der Waals surface area (Å²) in [6.07, 6.45) is 1.41. The van der Waals surface area contributed by atoms with Crippen LogP contribution in [0.4, 0.5) is 10.5 Å². The van der Waals surface area contributed by atoms with Crippen molar-refractivity contribution in [2.75, 3.05) is 11.5 Å². The number of nitrogens with zero attached hydrogens (tertiary/aromatic N) is 1. The van der Waals surface area contributed by atoms with Gasteiger partial charge < -0.3 is 14.6 Å². The number of phenols is 1. The Labute approximate surface area is 228 Å². The number of anilines is 1. The smallest absolute Gasteiger partial charge is 0.335 e. The minimum absolute atomic E-state index is 0.0154. The van der Waals surface area contributed by atoms with Crippen LogP contribution >= 0.6 is 22.6 Å². The van der Waals surface area contributed by atoms with Crippen molar-refractivity contribution in [3.8, 4) is 17.2 Å². The zero-order valence-corrected chi connectivity index (χ0v) is 22.7. The molecule has 0 aromatic heterocycles. The topological polar surface area (TPSA) is 105 Å². The van der Waals surface area contributed by atoms with Crippen molar-refractivity contribution in [3.05, 3.63) is 86.0 Å². The van der Waals surface area contributed by atoms with Crippen LogP contribution in [0.3, 0.4) is 0 Å². The molecule has 0 atom stereocenters. The summed E-state index contributed by atoms with van der Waals surface area (Å²) in [4.78, 5) is 39.0. The van der Waals surface area contributed by atoms with Crippen molar-refractivity contribution in [1.29, 1.82) is 0 Å². The lowest BCUT2D eigenvalue weighted by atomic mass is 10.1. The average molecular weight is 612 g/mol. The predicted molar refractivity (Wildman–Crippen MR) is 148 cm³/mol. The molecule has 0 spiro atoms. The van der Waals surface area contributed by atoms with E-state index in [1.54, 1.807) is 12.1 Å². The molecule has 1 aliphatic rings. The fourth-order valence-electron chi connectivity index (χ4n) is 4.04. The summed E-state index contributed by atoms with van der Waals surface area (Å²) in [5.74, 6) is -0.557. The summed E-state index contributed by atoms with van der Waals surface area (Å²) in [5, 5.41) is 11.7. The summed E-state index contributed by atoms with van der Waals surface area (Å²) in [7, 11) is 0. The first-order valence-electron chi connectivity index (χ1n) is 11.5. The van der Waals surface area contributed by atoms with Gasteiger partial charge in [-0.15, -0.1) is 0 Å². The quantitative estimate of drug-likeness (QED) is 0.215. The summed E-state index contributed by atoms with van der Waals surface area (Å²) in [5.41, 5.74) is 3.87. The summed E-state index contributed by atoms with van der Waals surface area (Å²) in [6, 6.07) is 14.4. The number of aryl methyl sites for hydroxylation is 2. The number of barbiturate groups is 1. The number of ether oxygens (including phenoxy) is 2. The normalized spacial score (nSPS) is 14.6. The number of hydrogen-bond acceptors (Lipinski definition) is 6. The van der Waals surface area contributed by atoms with Crippen LogP contribution in [-0.2, 0) is 16.2 Å². The van der Waals surface area contributed by atoms with Crippen molar-refractivity contribution in [2.45, 2.75) is 27.4 Å². The number of carbonyl (C=O) groups is 3. The van der Waals surface area contributed by atoms with Gasteiger partial charge in [-0.2, -0.15) is 0 Å². The molecule has 2 N–H and O–H groups in total. The molecule has 190 valence electrons. The fourth-order valence-corrected chi connectivity index (χ4v) is 4.82. The van der Waals surface area contributed by atoms with Crippen molar-refractivity contribution in [3.63, 3.8) is 0 Å². The van der Waals surface area contributed by atoms with E-state index in [-0.39, 0.29) is 17.0 Å². The van der Waals surface area contributed by atoms with Gasteiger partial charge in [-0.25, -0.2) is 9.69 Å². The van der Waals surface area contributed by atoms with E-state index >= 15 is 0 Å². The molecule has 1 heterocycles. The summed E-state index contributed by atoms with van der Waals surface area (Å²) in [6.45, 7) is 6.66. The molecule has 1 fully saturated rings. The number of imide groups is 2. The lowest BCUT2D eigenvalue weighted by Crippen LogP contribution is -2.54. The summed E-state index contributed by atoms with van der Waals surface area (Å²) < 4.78 is 12.7. The first-order valence-corrected chi connectivity index (χ1v) is 12.6. The highest BCUT2D eigenvalue weighted by Gasteiger charge is 2.36. The minimum atomic E-state index is -0.863. The number of halogens is 1. The van der Waals surface area contributed by atoms with E-state index in [4.69, 9.17) is 9.47 Å². The number of aromatic hydroxyl groups is 1. The first kappa shape index (κ1) is 26.2. The van der Waals surface area contributed by atoms with E-state index in [2.05, 4.69) is 46.1 Å². The van der Waals surface area contributed by atoms with Gasteiger partial charge in [0.15, 0.2) is 11.5 Å². The third-order valence-corrected chi connectivity index (χ3v) is 6.32. The lowest BCUT2D eigenvalue weighted by molar-refractivity contribution is -0.122. The molecule has 0 unspecified atom stereocenters. The van der Waals surface area contributed by atoms with E-state index in [9.17, 15) is 19.5 Å². The van der Waals surface area contributed by atoms with E-state index in [1.807, 2.05) is 20.8 Å². The maximum atomic E-state index is 13.2. The lowest BCUT2D eigenvalue weighted by Gasteiger charge is -2.26. The van der Waals surface area contributed by atoms with Gasteiger partial charge >= 0.3 is 6.03 Å². The number of phenolic OH excluding ortho intramolecular Hbond substituents is 1. The zero-order valence-electron chi connectivity index (χ0n) is 20.5. The van der Waals surface area contributed by atoms with Crippen LogP contribution in [0, 0.1) is 17.4 Å². The molecule has 4 rings (SSSR count). The second-order valence-corrected chi connectivity index (χ2v) is 9.68. The highest BCUT2D eigenvalue weighted by molar-refractivity contribution is 14.1. The Bertz CT molecular complexity index is 1390. The molecular weight excluding hydrogens is 587 g/mol. The number of hydrogen-bond donors (Lipinski definition) is 2. The molecule has 1 aliphatic heterocycles. The van der Waals surface area contributed by atoms with Gasteiger partial charge in [0.05, 0.1) is 15.9 Å². The van der Waals surface area contributed by atoms with Crippen molar-refractivity contribution >= 4 is 52.2 Å². The van der Waals surface area contributed by atoms with Gasteiger partial charge in [-0.3, -0.25) is 14.9 Å². The van der Waals surface area contributed by atoms with Gasteiger partial charge in [-0.1, -0.05) is 29.3 Å². The molecule has 0 bridgehead atoms. The molecule has 4 amide bonds. The Hall–Kier alpha value is -3.86. The molecule has 0 saturated carbocycles. The third-order valence-electron chi connectivity index (χ3n) is 5.52. The van der Waals surface area contributed by atoms with E-state index in [1.165, 1.54) is 30.3 Å². The fraction of sp³-hybridized carbons (Fsp3) is 0.179. The van der Waals surface area contributed by atoms with E-state index < -0.39 is 17.8 Å². The zero-order chi connectivity index (χ0) is 26.7. The van der Waals surface area contributed by atoms with Crippen LogP contribution in [0.5, 0.6) is 17.2 Å². The molecule has 3 aromatic rings.